The van der Waals surface area contributed by atoms with E-state index >= 15 is 0 Å². The minimum Gasteiger partial charge on any atom is -0.241 e. The average molecular weight is 189 g/mol. The highest BCUT2D eigenvalue weighted by atomic mass is 32.1. The third-order valence-corrected chi connectivity index (χ3v) is 1.93. The average Bonchev–Trinajstić information content (AvgIpc) is 2.71. The van der Waals surface area contributed by atoms with E-state index in [0.29, 0.717) is 0 Å². The van der Waals surface area contributed by atoms with Gasteiger partial charge >= 0.3 is 0 Å². The van der Waals surface area contributed by atoms with Crippen molar-refractivity contribution in [1.29, 1.82) is 0 Å². The van der Waals surface area contributed by atoms with Crippen LogP contribution in [0.1, 0.15) is 0 Å². The molecule has 4 heteroatoms. The van der Waals surface area contributed by atoms with Gasteiger partial charge in [0.05, 0.1) is 11.4 Å². The van der Waals surface area contributed by atoms with Crippen LogP contribution in [0.2, 0.25) is 0 Å². The molecule has 0 aliphatic rings. The Labute approximate surface area is 81.2 Å². The number of hydrogen-bond donors (Lipinski definition) is 0. The molecule has 0 saturated carbocycles. The van der Waals surface area contributed by atoms with Gasteiger partial charge in [0.2, 0.25) is 0 Å². The lowest BCUT2D eigenvalue weighted by atomic mass is 10.3. The smallest absolute Gasteiger partial charge is 0.0770 e. The van der Waals surface area contributed by atoms with Gasteiger partial charge in [0, 0.05) is 24.8 Å². The highest BCUT2D eigenvalue weighted by Gasteiger charge is 1.94. The first-order valence-corrected chi connectivity index (χ1v) is 4.20. The number of nitrogens with zero attached hydrogens (tertiary/aromatic N) is 3. The molecule has 64 valence electrons. The zero-order valence-corrected chi connectivity index (χ0v) is 7.61. The van der Waals surface area contributed by atoms with E-state index in [4.69, 9.17) is 0 Å². The molecule has 0 bridgehead atoms. The fourth-order valence-corrected chi connectivity index (χ4v) is 1.21. The van der Waals surface area contributed by atoms with Gasteiger partial charge < -0.3 is 0 Å². The van der Waals surface area contributed by atoms with Crippen molar-refractivity contribution in [3.05, 3.63) is 42.7 Å². The summed E-state index contributed by atoms with van der Waals surface area (Å²) in [6, 6.07) is 9.47. The molecule has 0 amide bonds. The standard InChI is InChI=1S/C9H7N3S/c13-11-8-2-4-9(5-3-8)12-7-1-6-10-12/h1-7H. The van der Waals surface area contributed by atoms with Crippen LogP contribution in [-0.2, 0) is 12.4 Å². The van der Waals surface area contributed by atoms with E-state index in [1.54, 1.807) is 10.9 Å². The molecule has 2 rings (SSSR count). The van der Waals surface area contributed by atoms with E-state index in [1.807, 2.05) is 36.5 Å². The number of rotatable bonds is 2. The van der Waals surface area contributed by atoms with Gasteiger partial charge in [-0.3, -0.25) is 0 Å². The van der Waals surface area contributed by atoms with Crippen LogP contribution >= 0.6 is 0 Å². The van der Waals surface area contributed by atoms with Crippen molar-refractivity contribution < 1.29 is 0 Å². The maximum absolute atomic E-state index is 4.56. The monoisotopic (exact) mass is 189 g/mol. The Hall–Kier alpha value is -1.55. The van der Waals surface area contributed by atoms with Crippen LogP contribution < -0.4 is 0 Å². The summed E-state index contributed by atoms with van der Waals surface area (Å²) in [6.07, 6.45) is 3.63. The van der Waals surface area contributed by atoms with E-state index in [9.17, 15) is 0 Å². The van der Waals surface area contributed by atoms with Crippen molar-refractivity contribution in [2.24, 2.45) is 4.36 Å². The van der Waals surface area contributed by atoms with Crippen molar-refractivity contribution in [1.82, 2.24) is 9.78 Å². The molecule has 1 heterocycles. The van der Waals surface area contributed by atoms with Crippen molar-refractivity contribution in [3.63, 3.8) is 0 Å². The van der Waals surface area contributed by atoms with E-state index in [0.717, 1.165) is 11.4 Å². The maximum Gasteiger partial charge on any atom is 0.0770 e. The van der Waals surface area contributed by atoms with Gasteiger partial charge in [-0.25, -0.2) is 4.68 Å². The number of hydrogen-bond acceptors (Lipinski definition) is 3. The Balaban J connectivity index is 2.38. The Bertz CT molecular complexity index is 391. The third kappa shape index (κ3) is 1.62. The molecule has 0 atom stereocenters. The third-order valence-electron chi connectivity index (χ3n) is 1.72. The molecule has 0 unspecified atom stereocenters. The van der Waals surface area contributed by atoms with Crippen LogP contribution in [0.25, 0.3) is 5.69 Å². The summed E-state index contributed by atoms with van der Waals surface area (Å²) < 4.78 is 5.43. The maximum atomic E-state index is 4.56. The summed E-state index contributed by atoms with van der Waals surface area (Å²) >= 11 is 4.56. The summed E-state index contributed by atoms with van der Waals surface area (Å²) in [7, 11) is 0. The molecule has 0 N–H and O–H groups in total. The molecule has 13 heavy (non-hydrogen) atoms. The van der Waals surface area contributed by atoms with Crippen LogP contribution in [0.15, 0.2) is 47.1 Å². The largest absolute Gasteiger partial charge is 0.241 e. The summed E-state index contributed by atoms with van der Waals surface area (Å²) in [5.74, 6) is 0. The molecule has 3 nitrogen and oxygen atoms in total. The zero-order chi connectivity index (χ0) is 9.10. The molecule has 0 spiro atoms. The summed E-state index contributed by atoms with van der Waals surface area (Å²) in [6.45, 7) is 0. The highest BCUT2D eigenvalue weighted by Crippen LogP contribution is 2.14. The first kappa shape index (κ1) is 8.07. The second-order valence-electron chi connectivity index (χ2n) is 2.56. The highest BCUT2D eigenvalue weighted by molar-refractivity contribution is 7.47. The lowest BCUT2D eigenvalue weighted by Crippen LogP contribution is -1.92. The zero-order valence-electron chi connectivity index (χ0n) is 6.79. The van der Waals surface area contributed by atoms with Crippen molar-refractivity contribution >= 4 is 18.1 Å². The summed E-state index contributed by atoms with van der Waals surface area (Å²) in [4.78, 5) is 0. The molecule has 0 aliphatic carbocycles. The second-order valence-corrected chi connectivity index (χ2v) is 2.74. The van der Waals surface area contributed by atoms with Crippen molar-refractivity contribution in [3.8, 4) is 5.69 Å². The van der Waals surface area contributed by atoms with Gasteiger partial charge in [0.15, 0.2) is 0 Å². The van der Waals surface area contributed by atoms with Gasteiger partial charge in [0.1, 0.15) is 0 Å². The Morgan fingerprint density at radius 3 is 2.54 bits per heavy atom. The van der Waals surface area contributed by atoms with Crippen LogP contribution in [0.4, 0.5) is 5.69 Å². The van der Waals surface area contributed by atoms with Crippen LogP contribution in [-0.4, -0.2) is 9.78 Å². The number of benzene rings is 1. The minimum absolute atomic E-state index is 0.797. The second kappa shape index (κ2) is 3.45. The molecule has 2 aromatic rings. The van der Waals surface area contributed by atoms with E-state index in [-0.39, 0.29) is 0 Å². The first-order chi connectivity index (χ1) is 6.40. The van der Waals surface area contributed by atoms with Gasteiger partial charge in [-0.1, -0.05) is 0 Å². The van der Waals surface area contributed by atoms with Crippen molar-refractivity contribution in [2.75, 3.05) is 0 Å². The molecular formula is C9H7N3S. The Morgan fingerprint density at radius 2 is 2.00 bits per heavy atom. The Morgan fingerprint density at radius 1 is 1.23 bits per heavy atom. The van der Waals surface area contributed by atoms with Crippen LogP contribution in [0.5, 0.6) is 0 Å². The van der Waals surface area contributed by atoms with Gasteiger partial charge in [-0.05, 0) is 30.3 Å². The van der Waals surface area contributed by atoms with E-state index in [1.165, 1.54) is 0 Å². The predicted octanol–water partition coefficient (Wildman–Crippen LogP) is 2.23. The lowest BCUT2D eigenvalue weighted by molar-refractivity contribution is 0.881. The fraction of sp³-hybridized carbons (Fsp3) is 0. The van der Waals surface area contributed by atoms with E-state index in [2.05, 4.69) is 21.9 Å². The lowest BCUT2D eigenvalue weighted by Gasteiger charge is -1.99. The SMILES string of the molecule is S=Nc1ccc(-n2cccn2)cc1. The molecule has 1 aromatic heterocycles. The predicted molar refractivity (Wildman–Crippen MR) is 53.0 cm³/mol. The summed E-state index contributed by atoms with van der Waals surface area (Å²) in [5, 5.41) is 4.10. The van der Waals surface area contributed by atoms with Crippen molar-refractivity contribution in [2.45, 2.75) is 0 Å². The normalized spacial score (nSPS) is 9.85. The van der Waals surface area contributed by atoms with Crippen LogP contribution in [0, 0.1) is 0 Å². The fourth-order valence-electron chi connectivity index (χ4n) is 1.09. The van der Waals surface area contributed by atoms with E-state index < -0.39 is 0 Å². The van der Waals surface area contributed by atoms with Gasteiger partial charge in [-0.2, -0.15) is 9.46 Å². The minimum atomic E-state index is 0.797. The number of aromatic nitrogens is 2. The Kier molecular flexibility index (Phi) is 2.14. The molecule has 0 saturated heterocycles. The molecule has 0 aliphatic heterocycles. The first-order valence-electron chi connectivity index (χ1n) is 3.83. The van der Waals surface area contributed by atoms with Gasteiger partial charge in [-0.15, -0.1) is 0 Å². The molecule has 1 aromatic carbocycles. The summed E-state index contributed by atoms with van der Waals surface area (Å²) in [5.41, 5.74) is 1.80. The molecule has 0 radical (unpaired) electrons. The van der Waals surface area contributed by atoms with Crippen LogP contribution in [0.3, 0.4) is 0 Å². The quantitative estimate of drug-likeness (QED) is 0.725. The topological polar surface area (TPSA) is 30.2 Å². The molecule has 0 fully saturated rings. The van der Waals surface area contributed by atoms with Gasteiger partial charge in [0.25, 0.3) is 0 Å². The molecular weight excluding hydrogens is 182 g/mol.